The Morgan fingerprint density at radius 3 is 1.77 bits per heavy atom. The summed E-state index contributed by atoms with van der Waals surface area (Å²) in [4.78, 5) is 15.2. The van der Waals surface area contributed by atoms with Crippen molar-refractivity contribution in [1.29, 1.82) is 0 Å². The van der Waals surface area contributed by atoms with Crippen LogP contribution >= 0.6 is 0 Å². The number of nitrogens with one attached hydrogen (secondary N) is 1. The lowest BCUT2D eigenvalue weighted by Gasteiger charge is -2.25. The highest BCUT2D eigenvalue weighted by molar-refractivity contribution is 6.33. The molecule has 1 unspecified atom stereocenters. The van der Waals surface area contributed by atoms with Crippen molar-refractivity contribution in [3.8, 4) is 22.3 Å². The molecule has 11 rings (SSSR count). The fourth-order valence-corrected chi connectivity index (χ4v) is 8.59. The van der Waals surface area contributed by atoms with Gasteiger partial charge in [-0.05, 0) is 101 Å². The normalized spacial score (nSPS) is 14.2. The molecular weight excluding hydrogens is 681 g/mol. The Balaban J connectivity index is 1.19. The fraction of sp³-hybridized carbons (Fsp3) is 0.0192. The largest absolute Gasteiger partial charge is 0.344 e. The summed E-state index contributed by atoms with van der Waals surface area (Å²) in [6, 6.07) is 65.0. The van der Waals surface area contributed by atoms with Crippen molar-refractivity contribution in [2.24, 2.45) is 9.98 Å². The van der Waals surface area contributed by atoms with E-state index in [4.69, 9.17) is 9.98 Å². The summed E-state index contributed by atoms with van der Waals surface area (Å²) in [7, 11) is 0. The molecular formula is C52H34N4. The molecule has 262 valence electrons. The number of hydrogen-bond acceptors (Lipinski definition) is 4. The van der Waals surface area contributed by atoms with Crippen molar-refractivity contribution in [2.45, 2.75) is 6.17 Å². The van der Waals surface area contributed by atoms with Gasteiger partial charge in [-0.25, -0.2) is 9.98 Å². The van der Waals surface area contributed by atoms with Crippen LogP contribution in [-0.2, 0) is 0 Å². The molecule has 9 aromatic carbocycles. The van der Waals surface area contributed by atoms with Crippen LogP contribution in [0.3, 0.4) is 0 Å². The van der Waals surface area contributed by atoms with Crippen LogP contribution in [0.4, 0.5) is 0 Å². The molecule has 1 N–H and O–H groups in total. The van der Waals surface area contributed by atoms with Gasteiger partial charge in [0.2, 0.25) is 0 Å². The third kappa shape index (κ3) is 5.34. The van der Waals surface area contributed by atoms with Crippen molar-refractivity contribution in [2.75, 3.05) is 0 Å². The minimum absolute atomic E-state index is 0.351. The zero-order valence-electron chi connectivity index (χ0n) is 30.4. The predicted molar refractivity (Wildman–Crippen MR) is 234 cm³/mol. The molecule has 0 fully saturated rings. The zero-order valence-corrected chi connectivity index (χ0v) is 30.4. The summed E-state index contributed by atoms with van der Waals surface area (Å²) < 4.78 is 0. The van der Waals surface area contributed by atoms with Crippen molar-refractivity contribution >= 4 is 65.5 Å². The first kappa shape index (κ1) is 32.0. The van der Waals surface area contributed by atoms with Crippen LogP contribution in [0.2, 0.25) is 0 Å². The minimum Gasteiger partial charge on any atom is -0.344 e. The number of aliphatic imine (C=N–C) groups is 2. The maximum Gasteiger partial charge on any atom is 0.159 e. The van der Waals surface area contributed by atoms with Crippen molar-refractivity contribution < 1.29 is 0 Å². The van der Waals surface area contributed by atoms with E-state index in [0.717, 1.165) is 50.2 Å². The van der Waals surface area contributed by atoms with Gasteiger partial charge in [0.1, 0.15) is 12.0 Å². The minimum atomic E-state index is -0.351. The van der Waals surface area contributed by atoms with E-state index in [1.807, 2.05) is 24.5 Å². The molecule has 10 aromatic rings. The smallest absolute Gasteiger partial charge is 0.159 e. The van der Waals surface area contributed by atoms with E-state index in [0.29, 0.717) is 5.84 Å². The molecule has 0 aliphatic carbocycles. The number of nitrogens with zero attached hydrogens (tertiary/aromatic N) is 3. The van der Waals surface area contributed by atoms with Crippen LogP contribution in [0.1, 0.15) is 22.9 Å². The lowest BCUT2D eigenvalue weighted by molar-refractivity contribution is 0.679. The molecule has 0 saturated carbocycles. The van der Waals surface area contributed by atoms with E-state index in [1.54, 1.807) is 0 Å². The summed E-state index contributed by atoms with van der Waals surface area (Å²) in [5.41, 5.74) is 7.39. The third-order valence-corrected chi connectivity index (χ3v) is 11.2. The number of aromatic nitrogens is 1. The van der Waals surface area contributed by atoms with Crippen molar-refractivity contribution in [3.05, 3.63) is 211 Å². The summed E-state index contributed by atoms with van der Waals surface area (Å²) in [5.74, 6) is 1.46. The first-order valence-corrected chi connectivity index (χ1v) is 19.0. The summed E-state index contributed by atoms with van der Waals surface area (Å²) in [6.07, 6.45) is 3.40. The second-order valence-electron chi connectivity index (χ2n) is 14.4. The number of fused-ring (bicyclic) bond motifs is 9. The quantitative estimate of drug-likeness (QED) is 0.180. The standard InChI is InChI=1S/C52H34N4/c1-2-15-34(16-3-1)50-54-51(56-52(55-50)46-26-12-17-33-14-4-5-19-39(33)46)38-29-36(35-18-13-27-53-32-35)28-37(30-38)47-31-48-42-22-7-6-20-40(42)41-21-8-10-24-44(41)49(48)45-25-11-9-23-43(45)47/h1-32,52H,(H,54,55,56). The molecule has 0 spiro atoms. The molecule has 0 radical (unpaired) electrons. The van der Waals surface area contributed by atoms with Crippen LogP contribution < -0.4 is 5.32 Å². The monoisotopic (exact) mass is 714 g/mol. The Hall–Kier alpha value is -7.43. The van der Waals surface area contributed by atoms with E-state index in [-0.39, 0.29) is 6.17 Å². The van der Waals surface area contributed by atoms with Gasteiger partial charge >= 0.3 is 0 Å². The fourth-order valence-electron chi connectivity index (χ4n) is 8.59. The Morgan fingerprint density at radius 1 is 0.411 bits per heavy atom. The molecule has 4 heteroatoms. The highest BCUT2D eigenvalue weighted by atomic mass is 15.2. The van der Waals surface area contributed by atoms with Crippen LogP contribution in [0, 0.1) is 0 Å². The van der Waals surface area contributed by atoms with Gasteiger partial charge in [-0.2, -0.15) is 0 Å². The maximum absolute atomic E-state index is 5.41. The molecule has 1 atom stereocenters. The summed E-state index contributed by atoms with van der Waals surface area (Å²) in [6.45, 7) is 0. The van der Waals surface area contributed by atoms with Crippen LogP contribution in [0.5, 0.6) is 0 Å². The number of hydrogen-bond donors (Lipinski definition) is 1. The second-order valence-corrected chi connectivity index (χ2v) is 14.4. The maximum atomic E-state index is 5.41. The van der Waals surface area contributed by atoms with Gasteiger partial charge in [0.15, 0.2) is 5.84 Å². The molecule has 1 aliphatic heterocycles. The van der Waals surface area contributed by atoms with Gasteiger partial charge < -0.3 is 5.32 Å². The Kier molecular flexibility index (Phi) is 7.52. The van der Waals surface area contributed by atoms with Gasteiger partial charge in [-0.1, -0.05) is 152 Å². The molecule has 2 heterocycles. The highest BCUT2D eigenvalue weighted by Gasteiger charge is 2.24. The summed E-state index contributed by atoms with van der Waals surface area (Å²) in [5, 5.41) is 16.0. The number of benzene rings is 9. The molecule has 56 heavy (non-hydrogen) atoms. The van der Waals surface area contributed by atoms with Crippen LogP contribution in [-0.4, -0.2) is 16.7 Å². The van der Waals surface area contributed by atoms with Gasteiger partial charge in [-0.15, -0.1) is 0 Å². The molecule has 0 amide bonds. The lowest BCUT2D eigenvalue weighted by atomic mass is 9.86. The second kappa shape index (κ2) is 13.2. The lowest BCUT2D eigenvalue weighted by Crippen LogP contribution is -2.33. The SMILES string of the molecule is c1ccc(C2=NC(c3cc(-c4cccnc4)cc(-c4cc5c6ccccc6c6ccccc6c5c5ccccc45)c3)=NC(c3cccc4ccccc34)N2)cc1. The van der Waals surface area contributed by atoms with Crippen molar-refractivity contribution in [3.63, 3.8) is 0 Å². The van der Waals surface area contributed by atoms with Gasteiger partial charge in [0.25, 0.3) is 0 Å². The molecule has 4 nitrogen and oxygen atoms in total. The molecule has 1 aromatic heterocycles. The third-order valence-electron chi connectivity index (χ3n) is 11.2. The van der Waals surface area contributed by atoms with Crippen LogP contribution in [0.15, 0.2) is 204 Å². The molecule has 0 bridgehead atoms. The van der Waals surface area contributed by atoms with Gasteiger partial charge in [-0.3, -0.25) is 4.98 Å². The van der Waals surface area contributed by atoms with E-state index < -0.39 is 0 Å². The number of rotatable bonds is 5. The van der Waals surface area contributed by atoms with Crippen LogP contribution in [0.25, 0.3) is 76.1 Å². The van der Waals surface area contributed by atoms with Gasteiger partial charge in [0.05, 0.1) is 0 Å². The van der Waals surface area contributed by atoms with Gasteiger partial charge in [0, 0.05) is 34.6 Å². The first-order valence-electron chi connectivity index (χ1n) is 19.0. The number of pyridine rings is 1. The predicted octanol–water partition coefficient (Wildman–Crippen LogP) is 12.7. The van der Waals surface area contributed by atoms with E-state index >= 15 is 0 Å². The van der Waals surface area contributed by atoms with E-state index in [9.17, 15) is 0 Å². The topological polar surface area (TPSA) is 49.6 Å². The Morgan fingerprint density at radius 2 is 1.00 bits per heavy atom. The Bertz CT molecular complexity index is 3220. The van der Waals surface area contributed by atoms with E-state index in [1.165, 1.54) is 48.5 Å². The Labute approximate surface area is 324 Å². The summed E-state index contributed by atoms with van der Waals surface area (Å²) >= 11 is 0. The number of amidine groups is 2. The average molecular weight is 715 g/mol. The van der Waals surface area contributed by atoms with Crippen molar-refractivity contribution in [1.82, 2.24) is 10.3 Å². The zero-order chi connectivity index (χ0) is 37.0. The molecule has 0 saturated heterocycles. The molecule has 1 aliphatic rings. The van der Waals surface area contributed by atoms with E-state index in [2.05, 4.69) is 180 Å². The highest BCUT2D eigenvalue weighted by Crippen LogP contribution is 2.43. The first-order chi connectivity index (χ1) is 27.8. The average Bonchev–Trinajstić information content (AvgIpc) is 3.28.